The average molecular weight is 389 g/mol. The molecule has 1 amide bonds. The number of likely N-dealkylation sites (tertiary alicyclic amines) is 1. The molecule has 0 aliphatic carbocycles. The molecular formula is C24H23NO4. The van der Waals surface area contributed by atoms with Crippen molar-refractivity contribution in [2.75, 3.05) is 13.1 Å². The summed E-state index contributed by atoms with van der Waals surface area (Å²) in [4.78, 5) is 27.9. The van der Waals surface area contributed by atoms with Crippen molar-refractivity contribution in [2.45, 2.75) is 24.7 Å². The molecule has 2 fully saturated rings. The highest BCUT2D eigenvalue weighted by atomic mass is 16.6. The number of carbonyl (C=O) groups excluding carboxylic acids is 2. The molecule has 5 heteroatoms. The lowest BCUT2D eigenvalue weighted by Crippen LogP contribution is -2.40. The van der Waals surface area contributed by atoms with Gasteiger partial charge in [0.1, 0.15) is 18.1 Å². The summed E-state index contributed by atoms with van der Waals surface area (Å²) in [6, 6.07) is 19.7. The van der Waals surface area contributed by atoms with Gasteiger partial charge in [0, 0.05) is 6.54 Å². The first-order valence-electron chi connectivity index (χ1n) is 10.1. The molecule has 0 N–H and O–H groups in total. The predicted octanol–water partition coefficient (Wildman–Crippen LogP) is 2.75. The second kappa shape index (κ2) is 7.16. The van der Waals surface area contributed by atoms with Crippen LogP contribution in [0.4, 0.5) is 0 Å². The Balaban J connectivity index is 1.28. The third kappa shape index (κ3) is 3.15. The summed E-state index contributed by atoms with van der Waals surface area (Å²) in [6.45, 7) is 1.33. The predicted molar refractivity (Wildman–Crippen MR) is 107 cm³/mol. The van der Waals surface area contributed by atoms with Crippen molar-refractivity contribution >= 4 is 11.9 Å². The number of nitrogens with zero attached hydrogens (tertiary/aromatic N) is 1. The summed E-state index contributed by atoms with van der Waals surface area (Å²) in [5.41, 5.74) is 1.43. The first-order valence-corrected chi connectivity index (χ1v) is 10.1. The molecule has 1 spiro atoms. The SMILES string of the molecule is O=C(OCc1ccccc1)[C@H]1[C@@H]2C=C[C@]3(CN(CCc4ccccc4)C(=O)[C@H]13)O2. The van der Waals surface area contributed by atoms with Crippen LogP contribution in [0.3, 0.4) is 0 Å². The summed E-state index contributed by atoms with van der Waals surface area (Å²) in [5.74, 6) is -1.42. The molecule has 0 radical (unpaired) electrons. The standard InChI is InChI=1S/C24H23NO4/c26-22-21-20(23(27)28-15-18-9-5-2-6-10-18)19-11-13-24(21,29-19)16-25(22)14-12-17-7-3-1-4-8-17/h1-11,13,19-21H,12,14-16H2/t19-,20-,21-,24+/m0/s1. The minimum absolute atomic E-state index is 0.00515. The molecule has 29 heavy (non-hydrogen) atoms. The van der Waals surface area contributed by atoms with Crippen LogP contribution in [-0.4, -0.2) is 41.6 Å². The Morgan fingerprint density at radius 3 is 2.48 bits per heavy atom. The van der Waals surface area contributed by atoms with E-state index in [1.54, 1.807) is 0 Å². The lowest BCUT2D eigenvalue weighted by atomic mass is 9.77. The Kier molecular flexibility index (Phi) is 4.47. The van der Waals surface area contributed by atoms with Gasteiger partial charge in [0.25, 0.3) is 0 Å². The van der Waals surface area contributed by atoms with Gasteiger partial charge in [-0.1, -0.05) is 72.8 Å². The maximum atomic E-state index is 13.2. The fraction of sp³-hybridized carbons (Fsp3) is 0.333. The summed E-state index contributed by atoms with van der Waals surface area (Å²) in [7, 11) is 0. The third-order valence-electron chi connectivity index (χ3n) is 6.19. The fourth-order valence-corrected chi connectivity index (χ4v) is 4.77. The third-order valence-corrected chi connectivity index (χ3v) is 6.19. The number of ether oxygens (including phenoxy) is 2. The van der Waals surface area contributed by atoms with E-state index in [0.717, 1.165) is 12.0 Å². The molecule has 2 bridgehead atoms. The van der Waals surface area contributed by atoms with Gasteiger partial charge >= 0.3 is 5.97 Å². The molecule has 2 aromatic carbocycles. The summed E-state index contributed by atoms with van der Waals surface area (Å²) in [6.07, 6.45) is 4.30. The molecule has 2 saturated heterocycles. The van der Waals surface area contributed by atoms with E-state index in [9.17, 15) is 9.59 Å². The maximum absolute atomic E-state index is 13.2. The highest BCUT2D eigenvalue weighted by Gasteiger charge is 2.67. The van der Waals surface area contributed by atoms with Crippen molar-refractivity contribution in [2.24, 2.45) is 11.8 Å². The van der Waals surface area contributed by atoms with Crippen molar-refractivity contribution in [3.63, 3.8) is 0 Å². The van der Waals surface area contributed by atoms with Crippen LogP contribution < -0.4 is 0 Å². The van der Waals surface area contributed by atoms with Crippen molar-refractivity contribution in [3.8, 4) is 0 Å². The molecule has 3 aliphatic rings. The largest absolute Gasteiger partial charge is 0.460 e. The van der Waals surface area contributed by atoms with Crippen molar-refractivity contribution in [1.82, 2.24) is 4.90 Å². The van der Waals surface area contributed by atoms with E-state index < -0.39 is 17.4 Å². The zero-order chi connectivity index (χ0) is 19.8. The van der Waals surface area contributed by atoms with Crippen molar-refractivity contribution in [3.05, 3.63) is 83.9 Å². The first-order chi connectivity index (χ1) is 14.2. The van der Waals surface area contributed by atoms with Crippen LogP contribution in [0.2, 0.25) is 0 Å². The highest BCUT2D eigenvalue weighted by molar-refractivity contribution is 5.91. The highest BCUT2D eigenvalue weighted by Crippen LogP contribution is 2.52. The van der Waals surface area contributed by atoms with Crippen LogP contribution in [0, 0.1) is 11.8 Å². The van der Waals surface area contributed by atoms with Gasteiger partial charge in [-0.3, -0.25) is 9.59 Å². The van der Waals surface area contributed by atoms with E-state index in [-0.39, 0.29) is 24.6 Å². The van der Waals surface area contributed by atoms with Gasteiger partial charge in [0.2, 0.25) is 5.91 Å². The second-order valence-electron chi connectivity index (χ2n) is 7.99. The zero-order valence-corrected chi connectivity index (χ0v) is 16.1. The van der Waals surface area contributed by atoms with Gasteiger partial charge < -0.3 is 14.4 Å². The van der Waals surface area contributed by atoms with Crippen LogP contribution in [0.1, 0.15) is 11.1 Å². The number of carbonyl (C=O) groups is 2. The number of hydrogen-bond acceptors (Lipinski definition) is 4. The lowest BCUT2D eigenvalue weighted by Gasteiger charge is -2.22. The van der Waals surface area contributed by atoms with Crippen molar-refractivity contribution < 1.29 is 19.1 Å². The van der Waals surface area contributed by atoms with Gasteiger partial charge in [0.15, 0.2) is 0 Å². The normalized spacial score (nSPS) is 29.3. The van der Waals surface area contributed by atoms with E-state index in [2.05, 4.69) is 12.1 Å². The first kappa shape index (κ1) is 18.1. The van der Waals surface area contributed by atoms with Crippen LogP contribution in [0.25, 0.3) is 0 Å². The smallest absolute Gasteiger partial charge is 0.313 e. The van der Waals surface area contributed by atoms with E-state index in [0.29, 0.717) is 13.1 Å². The van der Waals surface area contributed by atoms with E-state index >= 15 is 0 Å². The molecule has 3 aliphatic heterocycles. The molecular weight excluding hydrogens is 366 g/mol. The van der Waals surface area contributed by atoms with Crippen LogP contribution in [0.5, 0.6) is 0 Å². The fourth-order valence-electron chi connectivity index (χ4n) is 4.77. The average Bonchev–Trinajstić information content (AvgIpc) is 3.40. The van der Waals surface area contributed by atoms with Crippen molar-refractivity contribution in [1.29, 1.82) is 0 Å². The minimum atomic E-state index is -0.686. The Hall–Kier alpha value is -2.92. The molecule has 2 aromatic rings. The zero-order valence-electron chi connectivity index (χ0n) is 16.1. The van der Waals surface area contributed by atoms with E-state index in [1.807, 2.05) is 65.6 Å². The Morgan fingerprint density at radius 2 is 1.76 bits per heavy atom. The molecule has 0 saturated carbocycles. The monoisotopic (exact) mass is 389 g/mol. The molecule has 148 valence electrons. The minimum Gasteiger partial charge on any atom is -0.460 e. The lowest BCUT2D eigenvalue weighted by molar-refractivity contribution is -0.155. The van der Waals surface area contributed by atoms with Gasteiger partial charge in [0.05, 0.1) is 18.6 Å². The van der Waals surface area contributed by atoms with Crippen LogP contribution in [-0.2, 0) is 32.1 Å². The van der Waals surface area contributed by atoms with Crippen LogP contribution in [0.15, 0.2) is 72.8 Å². The number of amides is 1. The maximum Gasteiger partial charge on any atom is 0.313 e. The number of benzene rings is 2. The van der Waals surface area contributed by atoms with E-state index in [4.69, 9.17) is 9.47 Å². The molecule has 0 unspecified atom stereocenters. The molecule has 4 atom stereocenters. The summed E-state index contributed by atoms with van der Waals surface area (Å²) < 4.78 is 11.7. The second-order valence-corrected chi connectivity index (χ2v) is 7.99. The van der Waals surface area contributed by atoms with Crippen LogP contribution >= 0.6 is 0 Å². The number of hydrogen-bond donors (Lipinski definition) is 0. The topological polar surface area (TPSA) is 55.8 Å². The Morgan fingerprint density at radius 1 is 1.07 bits per heavy atom. The molecule has 5 rings (SSSR count). The number of rotatable bonds is 6. The number of esters is 1. The van der Waals surface area contributed by atoms with Gasteiger partial charge in [-0.15, -0.1) is 0 Å². The summed E-state index contributed by atoms with van der Waals surface area (Å²) >= 11 is 0. The molecule has 5 nitrogen and oxygen atoms in total. The number of fused-ring (bicyclic) bond motifs is 1. The van der Waals surface area contributed by atoms with Gasteiger partial charge in [-0.05, 0) is 17.5 Å². The quantitative estimate of drug-likeness (QED) is 0.563. The van der Waals surface area contributed by atoms with Gasteiger partial charge in [-0.25, -0.2) is 0 Å². The Bertz CT molecular complexity index is 942. The summed E-state index contributed by atoms with van der Waals surface area (Å²) in [5, 5.41) is 0. The molecule has 3 heterocycles. The molecule has 0 aromatic heterocycles. The van der Waals surface area contributed by atoms with Gasteiger partial charge in [-0.2, -0.15) is 0 Å². The Labute approximate surface area is 169 Å². The van der Waals surface area contributed by atoms with E-state index in [1.165, 1.54) is 5.56 Å².